The number of carbonyl (C=O) groups is 1. The number of aromatic nitrogens is 4. The predicted octanol–water partition coefficient (Wildman–Crippen LogP) is 3.44. The number of fused-ring (bicyclic) bond motifs is 1. The van der Waals surface area contributed by atoms with Crippen LogP contribution in [0.15, 0.2) is 70.2 Å². The molecule has 8 heteroatoms. The number of thioether (sulfide) groups is 1. The summed E-state index contributed by atoms with van der Waals surface area (Å²) in [7, 11) is 0. The van der Waals surface area contributed by atoms with Crippen molar-refractivity contribution in [1.82, 2.24) is 25.5 Å². The van der Waals surface area contributed by atoms with Gasteiger partial charge in [-0.3, -0.25) is 4.79 Å². The van der Waals surface area contributed by atoms with E-state index in [1.54, 1.807) is 4.68 Å². The average molecular weight is 393 g/mol. The second kappa shape index (κ2) is 8.26. The van der Waals surface area contributed by atoms with Crippen molar-refractivity contribution >= 4 is 28.6 Å². The molecule has 1 atom stereocenters. The Bertz CT molecular complexity index is 1040. The SMILES string of the molecule is C[C@H](NC(=O)CSc1nnnn1Cc1ccccc1)c1cc2ccccc2o1. The van der Waals surface area contributed by atoms with E-state index in [1.165, 1.54) is 11.8 Å². The molecule has 28 heavy (non-hydrogen) atoms. The van der Waals surface area contributed by atoms with Gasteiger partial charge in [-0.2, -0.15) is 0 Å². The van der Waals surface area contributed by atoms with E-state index in [-0.39, 0.29) is 17.7 Å². The molecule has 4 rings (SSSR count). The molecule has 0 aliphatic carbocycles. The highest BCUT2D eigenvalue weighted by molar-refractivity contribution is 7.99. The Morgan fingerprint density at radius 3 is 2.79 bits per heavy atom. The van der Waals surface area contributed by atoms with Gasteiger partial charge in [0.25, 0.3) is 0 Å². The second-order valence-corrected chi connectivity index (χ2v) is 7.31. The summed E-state index contributed by atoms with van der Waals surface area (Å²) >= 11 is 1.31. The van der Waals surface area contributed by atoms with Crippen LogP contribution in [0.4, 0.5) is 0 Å². The van der Waals surface area contributed by atoms with Gasteiger partial charge in [0.1, 0.15) is 11.3 Å². The number of amides is 1. The van der Waals surface area contributed by atoms with Crippen molar-refractivity contribution < 1.29 is 9.21 Å². The minimum atomic E-state index is -0.221. The van der Waals surface area contributed by atoms with Crippen molar-refractivity contribution in [3.63, 3.8) is 0 Å². The van der Waals surface area contributed by atoms with Crippen LogP contribution in [-0.4, -0.2) is 31.9 Å². The molecule has 2 heterocycles. The molecule has 1 amide bonds. The Morgan fingerprint density at radius 2 is 1.96 bits per heavy atom. The summed E-state index contributed by atoms with van der Waals surface area (Å²) in [4.78, 5) is 12.4. The van der Waals surface area contributed by atoms with Gasteiger partial charge in [0, 0.05) is 5.39 Å². The zero-order chi connectivity index (χ0) is 19.3. The highest BCUT2D eigenvalue weighted by Crippen LogP contribution is 2.24. The molecule has 1 N–H and O–H groups in total. The van der Waals surface area contributed by atoms with Crippen LogP contribution >= 0.6 is 11.8 Å². The van der Waals surface area contributed by atoms with Crippen LogP contribution in [0.25, 0.3) is 11.0 Å². The van der Waals surface area contributed by atoms with E-state index in [9.17, 15) is 4.79 Å². The number of rotatable bonds is 7. The molecule has 0 bridgehead atoms. The third-order valence-electron chi connectivity index (χ3n) is 4.26. The lowest BCUT2D eigenvalue weighted by atomic mass is 10.2. The summed E-state index contributed by atoms with van der Waals surface area (Å²) in [5.74, 6) is 0.848. The second-order valence-electron chi connectivity index (χ2n) is 6.37. The van der Waals surface area contributed by atoms with Crippen molar-refractivity contribution in [2.45, 2.75) is 24.7 Å². The quantitative estimate of drug-likeness (QED) is 0.484. The fourth-order valence-electron chi connectivity index (χ4n) is 2.86. The van der Waals surface area contributed by atoms with Gasteiger partial charge in [-0.25, -0.2) is 4.68 Å². The van der Waals surface area contributed by atoms with E-state index in [0.717, 1.165) is 22.3 Å². The molecular formula is C20H19N5O2S. The zero-order valence-corrected chi connectivity index (χ0v) is 16.1. The van der Waals surface area contributed by atoms with Crippen LogP contribution in [0.1, 0.15) is 24.3 Å². The topological polar surface area (TPSA) is 85.8 Å². The largest absolute Gasteiger partial charge is 0.459 e. The number of tetrazole rings is 1. The lowest BCUT2D eigenvalue weighted by Gasteiger charge is -2.11. The number of furan rings is 1. The van der Waals surface area contributed by atoms with E-state index in [2.05, 4.69) is 20.8 Å². The van der Waals surface area contributed by atoms with Crippen LogP contribution in [0.3, 0.4) is 0 Å². The number of nitrogens with one attached hydrogen (secondary N) is 1. The van der Waals surface area contributed by atoms with Crippen LogP contribution in [0, 0.1) is 0 Å². The number of para-hydroxylation sites is 1. The molecule has 0 spiro atoms. The number of nitrogens with zero attached hydrogens (tertiary/aromatic N) is 4. The third-order valence-corrected chi connectivity index (χ3v) is 5.21. The van der Waals surface area contributed by atoms with Crippen molar-refractivity contribution in [3.05, 3.63) is 72.0 Å². The number of hydrogen-bond acceptors (Lipinski definition) is 6. The summed E-state index contributed by atoms with van der Waals surface area (Å²) in [5.41, 5.74) is 1.91. The standard InChI is InChI=1S/C20H19N5O2S/c1-14(18-11-16-9-5-6-10-17(16)27-18)21-19(26)13-28-20-22-23-24-25(20)12-15-7-3-2-4-8-15/h2-11,14H,12-13H2,1H3,(H,21,26)/t14-/m0/s1. The van der Waals surface area contributed by atoms with Gasteiger partial charge in [-0.1, -0.05) is 60.3 Å². The van der Waals surface area contributed by atoms with Gasteiger partial charge in [0.05, 0.1) is 18.3 Å². The van der Waals surface area contributed by atoms with Crippen molar-refractivity contribution in [2.24, 2.45) is 0 Å². The first kappa shape index (κ1) is 18.2. The highest BCUT2D eigenvalue weighted by Gasteiger charge is 2.16. The van der Waals surface area contributed by atoms with E-state index in [1.807, 2.05) is 67.6 Å². The summed E-state index contributed by atoms with van der Waals surface area (Å²) in [6, 6.07) is 19.4. The summed E-state index contributed by atoms with van der Waals surface area (Å²) in [5, 5.41) is 16.3. The molecule has 0 saturated carbocycles. The van der Waals surface area contributed by atoms with E-state index in [0.29, 0.717) is 11.7 Å². The van der Waals surface area contributed by atoms with E-state index < -0.39 is 0 Å². The fourth-order valence-corrected chi connectivity index (χ4v) is 3.54. The molecule has 4 aromatic rings. The molecule has 0 saturated heterocycles. The number of benzene rings is 2. The van der Waals surface area contributed by atoms with Gasteiger partial charge >= 0.3 is 0 Å². The molecule has 0 unspecified atom stereocenters. The van der Waals surface area contributed by atoms with Gasteiger partial charge < -0.3 is 9.73 Å². The Balaban J connectivity index is 1.34. The maximum atomic E-state index is 12.4. The highest BCUT2D eigenvalue weighted by atomic mass is 32.2. The van der Waals surface area contributed by atoms with Crippen molar-refractivity contribution in [2.75, 3.05) is 5.75 Å². The molecule has 0 fully saturated rings. The van der Waals surface area contributed by atoms with Gasteiger partial charge in [0.2, 0.25) is 11.1 Å². The average Bonchev–Trinajstić information content (AvgIpc) is 3.34. The normalized spacial score (nSPS) is 12.2. The first-order valence-electron chi connectivity index (χ1n) is 8.90. The molecule has 2 aromatic heterocycles. The first-order valence-corrected chi connectivity index (χ1v) is 9.88. The Kier molecular flexibility index (Phi) is 5.38. The number of carbonyl (C=O) groups excluding carboxylic acids is 1. The Labute approximate surface area is 166 Å². The third kappa shape index (κ3) is 4.23. The minimum absolute atomic E-state index is 0.104. The summed E-state index contributed by atoms with van der Waals surface area (Å²) in [6.07, 6.45) is 0. The summed E-state index contributed by atoms with van der Waals surface area (Å²) < 4.78 is 7.50. The molecule has 142 valence electrons. The monoisotopic (exact) mass is 393 g/mol. The lowest BCUT2D eigenvalue weighted by Crippen LogP contribution is -2.28. The molecule has 7 nitrogen and oxygen atoms in total. The van der Waals surface area contributed by atoms with Crippen molar-refractivity contribution in [1.29, 1.82) is 0 Å². The smallest absolute Gasteiger partial charge is 0.231 e. The van der Waals surface area contributed by atoms with E-state index >= 15 is 0 Å². The van der Waals surface area contributed by atoms with Crippen molar-refractivity contribution in [3.8, 4) is 0 Å². The zero-order valence-electron chi connectivity index (χ0n) is 15.3. The van der Waals surface area contributed by atoms with E-state index in [4.69, 9.17) is 4.42 Å². The van der Waals surface area contributed by atoms with Gasteiger partial charge in [0.15, 0.2) is 0 Å². The van der Waals surface area contributed by atoms with Gasteiger partial charge in [-0.05, 0) is 35.0 Å². The fraction of sp³-hybridized carbons (Fsp3) is 0.200. The molecule has 0 aliphatic rings. The Hall–Kier alpha value is -3.13. The molecular weight excluding hydrogens is 374 g/mol. The lowest BCUT2D eigenvalue weighted by molar-refractivity contribution is -0.119. The van der Waals surface area contributed by atoms with Crippen LogP contribution in [-0.2, 0) is 11.3 Å². The predicted molar refractivity (Wildman–Crippen MR) is 107 cm³/mol. The van der Waals surface area contributed by atoms with Crippen LogP contribution in [0.5, 0.6) is 0 Å². The maximum absolute atomic E-state index is 12.4. The molecule has 0 aliphatic heterocycles. The molecule has 0 radical (unpaired) electrons. The number of hydrogen-bond donors (Lipinski definition) is 1. The molecule has 2 aromatic carbocycles. The van der Waals surface area contributed by atoms with Crippen LogP contribution in [0.2, 0.25) is 0 Å². The van der Waals surface area contributed by atoms with Crippen LogP contribution < -0.4 is 5.32 Å². The minimum Gasteiger partial charge on any atom is -0.459 e. The maximum Gasteiger partial charge on any atom is 0.231 e. The summed E-state index contributed by atoms with van der Waals surface area (Å²) in [6.45, 7) is 2.47. The Morgan fingerprint density at radius 1 is 1.18 bits per heavy atom. The first-order chi connectivity index (χ1) is 13.7. The van der Waals surface area contributed by atoms with Gasteiger partial charge in [-0.15, -0.1) is 5.10 Å².